The summed E-state index contributed by atoms with van der Waals surface area (Å²) in [4.78, 5) is 26.1. The third kappa shape index (κ3) is 2.58. The van der Waals surface area contributed by atoms with Gasteiger partial charge in [-0.05, 0) is 55.8 Å². The fourth-order valence-electron chi connectivity index (χ4n) is 5.32. The monoisotopic (exact) mass is 290 g/mol. The molecule has 2 saturated heterocycles. The van der Waals surface area contributed by atoms with Crippen LogP contribution in [0.5, 0.6) is 0 Å². The van der Waals surface area contributed by atoms with Crippen molar-refractivity contribution in [2.24, 2.45) is 23.7 Å². The highest BCUT2D eigenvalue weighted by Gasteiger charge is 2.41. The van der Waals surface area contributed by atoms with Gasteiger partial charge in [0.1, 0.15) is 0 Å². The molecule has 4 nitrogen and oxygen atoms in total. The van der Waals surface area contributed by atoms with Gasteiger partial charge in [-0.15, -0.1) is 0 Å². The lowest BCUT2D eigenvalue weighted by Crippen LogP contribution is -2.55. The van der Waals surface area contributed by atoms with E-state index < -0.39 is 0 Å². The third-order valence-electron chi connectivity index (χ3n) is 6.50. The molecular weight excluding hydrogens is 264 g/mol. The second-order valence-corrected chi connectivity index (χ2v) is 7.74. The van der Waals surface area contributed by atoms with Gasteiger partial charge in [-0.1, -0.05) is 6.42 Å². The van der Waals surface area contributed by atoms with Crippen LogP contribution in [0.4, 0.5) is 0 Å². The van der Waals surface area contributed by atoms with E-state index in [9.17, 15) is 9.59 Å². The van der Waals surface area contributed by atoms with E-state index in [0.717, 1.165) is 44.2 Å². The number of carbonyl (C=O) groups excluding carboxylic acids is 2. The summed E-state index contributed by atoms with van der Waals surface area (Å²) in [5, 5.41) is 3.10. The summed E-state index contributed by atoms with van der Waals surface area (Å²) in [5.74, 6) is 3.49. The van der Waals surface area contributed by atoms with Crippen LogP contribution in [0, 0.1) is 23.7 Å². The molecule has 2 bridgehead atoms. The smallest absolute Gasteiger partial charge is 0.222 e. The molecule has 0 spiro atoms. The van der Waals surface area contributed by atoms with Crippen molar-refractivity contribution >= 4 is 11.8 Å². The molecule has 2 aliphatic carbocycles. The second-order valence-electron chi connectivity index (χ2n) is 7.74. The van der Waals surface area contributed by atoms with Crippen molar-refractivity contribution in [3.63, 3.8) is 0 Å². The molecule has 0 aromatic carbocycles. The first-order valence-corrected chi connectivity index (χ1v) is 8.76. The van der Waals surface area contributed by atoms with E-state index in [-0.39, 0.29) is 5.91 Å². The van der Waals surface area contributed by atoms with Crippen molar-refractivity contribution < 1.29 is 9.59 Å². The van der Waals surface area contributed by atoms with Gasteiger partial charge < -0.3 is 10.2 Å². The predicted octanol–water partition coefficient (Wildman–Crippen LogP) is 1.94. The Kier molecular flexibility index (Phi) is 3.43. The van der Waals surface area contributed by atoms with Crippen molar-refractivity contribution in [2.75, 3.05) is 13.1 Å². The Labute approximate surface area is 126 Å². The topological polar surface area (TPSA) is 49.4 Å². The average molecular weight is 290 g/mol. The highest BCUT2D eigenvalue weighted by Crippen LogP contribution is 2.49. The van der Waals surface area contributed by atoms with E-state index in [1.807, 2.05) is 0 Å². The number of carbonyl (C=O) groups is 2. The predicted molar refractivity (Wildman–Crippen MR) is 79.4 cm³/mol. The van der Waals surface area contributed by atoms with Gasteiger partial charge in [0.25, 0.3) is 0 Å². The van der Waals surface area contributed by atoms with Crippen LogP contribution < -0.4 is 5.32 Å². The Hall–Kier alpha value is -1.06. The summed E-state index contributed by atoms with van der Waals surface area (Å²) >= 11 is 0. The SMILES string of the molecule is O=C1CCC2CN(C(=O)CC3CC4CCC3C4)CCC2N1. The molecule has 4 rings (SSSR count). The largest absolute Gasteiger partial charge is 0.353 e. The quantitative estimate of drug-likeness (QED) is 0.845. The van der Waals surface area contributed by atoms with Crippen LogP contribution in [0.25, 0.3) is 0 Å². The molecule has 2 saturated carbocycles. The molecule has 0 aromatic rings. The minimum absolute atomic E-state index is 0.193. The van der Waals surface area contributed by atoms with E-state index in [0.29, 0.717) is 30.2 Å². The Bertz CT molecular complexity index is 450. The maximum atomic E-state index is 12.6. The molecule has 2 aliphatic heterocycles. The third-order valence-corrected chi connectivity index (χ3v) is 6.50. The lowest BCUT2D eigenvalue weighted by molar-refractivity contribution is -0.136. The summed E-state index contributed by atoms with van der Waals surface area (Å²) < 4.78 is 0. The molecular formula is C17H26N2O2. The van der Waals surface area contributed by atoms with Crippen LogP contribution in [0.15, 0.2) is 0 Å². The van der Waals surface area contributed by atoms with Crippen molar-refractivity contribution in [1.82, 2.24) is 10.2 Å². The standard InChI is InChI=1S/C17H26N2O2/c20-16-4-3-13-10-19(6-5-15(13)18-16)17(21)9-14-8-11-1-2-12(14)7-11/h11-15H,1-10H2,(H,18,20). The van der Waals surface area contributed by atoms with Crippen LogP contribution in [-0.2, 0) is 9.59 Å². The maximum absolute atomic E-state index is 12.6. The van der Waals surface area contributed by atoms with Crippen LogP contribution in [0.2, 0.25) is 0 Å². The number of likely N-dealkylation sites (tertiary alicyclic amines) is 1. The lowest BCUT2D eigenvalue weighted by atomic mass is 9.83. The van der Waals surface area contributed by atoms with Crippen LogP contribution in [0.3, 0.4) is 0 Å². The Morgan fingerprint density at radius 1 is 1.14 bits per heavy atom. The van der Waals surface area contributed by atoms with E-state index >= 15 is 0 Å². The molecule has 0 aromatic heterocycles. The first-order valence-electron chi connectivity index (χ1n) is 8.76. The molecule has 4 aliphatic rings. The highest BCUT2D eigenvalue weighted by atomic mass is 16.2. The van der Waals surface area contributed by atoms with Crippen LogP contribution >= 0.6 is 0 Å². The van der Waals surface area contributed by atoms with Gasteiger partial charge in [0.05, 0.1) is 0 Å². The van der Waals surface area contributed by atoms with Crippen molar-refractivity contribution in [3.05, 3.63) is 0 Å². The maximum Gasteiger partial charge on any atom is 0.222 e. The number of fused-ring (bicyclic) bond motifs is 3. The summed E-state index contributed by atoms with van der Waals surface area (Å²) in [6, 6.07) is 0.317. The first-order chi connectivity index (χ1) is 10.2. The van der Waals surface area contributed by atoms with Crippen molar-refractivity contribution in [3.8, 4) is 0 Å². The van der Waals surface area contributed by atoms with Crippen LogP contribution in [-0.4, -0.2) is 35.8 Å². The van der Waals surface area contributed by atoms with E-state index in [1.54, 1.807) is 0 Å². The van der Waals surface area contributed by atoms with E-state index in [4.69, 9.17) is 0 Å². The minimum Gasteiger partial charge on any atom is -0.353 e. The molecule has 1 N–H and O–H groups in total. The van der Waals surface area contributed by atoms with Gasteiger partial charge in [0, 0.05) is 32.0 Å². The second kappa shape index (κ2) is 5.29. The zero-order valence-electron chi connectivity index (χ0n) is 12.7. The molecule has 5 atom stereocenters. The molecule has 116 valence electrons. The van der Waals surface area contributed by atoms with Gasteiger partial charge in [-0.25, -0.2) is 0 Å². The fraction of sp³-hybridized carbons (Fsp3) is 0.882. The molecule has 21 heavy (non-hydrogen) atoms. The summed E-state index contributed by atoms with van der Waals surface area (Å²) in [6.07, 6.45) is 8.76. The Morgan fingerprint density at radius 2 is 2.05 bits per heavy atom. The minimum atomic E-state index is 0.193. The normalized spacial score (nSPS) is 41.8. The summed E-state index contributed by atoms with van der Waals surface area (Å²) in [6.45, 7) is 1.70. The number of hydrogen-bond donors (Lipinski definition) is 1. The molecule has 2 heterocycles. The molecule has 0 radical (unpaired) electrons. The fourth-order valence-corrected chi connectivity index (χ4v) is 5.32. The molecule has 4 heteroatoms. The highest BCUT2D eigenvalue weighted by molar-refractivity contribution is 5.78. The number of hydrogen-bond acceptors (Lipinski definition) is 2. The van der Waals surface area contributed by atoms with E-state index in [2.05, 4.69) is 10.2 Å². The number of piperidine rings is 2. The zero-order chi connectivity index (χ0) is 14.4. The number of amides is 2. The first kappa shape index (κ1) is 13.6. The number of nitrogens with zero attached hydrogens (tertiary/aromatic N) is 1. The van der Waals surface area contributed by atoms with Crippen molar-refractivity contribution in [2.45, 2.75) is 57.4 Å². The summed E-state index contributed by atoms with van der Waals surface area (Å²) in [7, 11) is 0. The van der Waals surface area contributed by atoms with Gasteiger partial charge in [-0.2, -0.15) is 0 Å². The summed E-state index contributed by atoms with van der Waals surface area (Å²) in [5.41, 5.74) is 0. The van der Waals surface area contributed by atoms with Crippen molar-refractivity contribution in [1.29, 1.82) is 0 Å². The van der Waals surface area contributed by atoms with Crippen LogP contribution in [0.1, 0.15) is 51.4 Å². The lowest BCUT2D eigenvalue weighted by Gasteiger charge is -2.41. The molecule has 5 unspecified atom stereocenters. The van der Waals surface area contributed by atoms with Gasteiger partial charge in [-0.3, -0.25) is 9.59 Å². The number of nitrogens with one attached hydrogen (secondary N) is 1. The van der Waals surface area contributed by atoms with E-state index in [1.165, 1.54) is 25.7 Å². The van der Waals surface area contributed by atoms with Gasteiger partial charge in [0.2, 0.25) is 11.8 Å². The average Bonchev–Trinajstić information content (AvgIpc) is 3.09. The van der Waals surface area contributed by atoms with Gasteiger partial charge >= 0.3 is 0 Å². The zero-order valence-corrected chi connectivity index (χ0v) is 12.7. The Morgan fingerprint density at radius 3 is 2.81 bits per heavy atom. The molecule has 4 fully saturated rings. The molecule has 2 amide bonds. The number of rotatable bonds is 2. The van der Waals surface area contributed by atoms with Gasteiger partial charge in [0.15, 0.2) is 0 Å². The Balaban J connectivity index is 1.32.